The van der Waals surface area contributed by atoms with Gasteiger partial charge in [0.25, 0.3) is 0 Å². The predicted molar refractivity (Wildman–Crippen MR) is 101 cm³/mol. The number of benzene rings is 2. The van der Waals surface area contributed by atoms with Crippen molar-refractivity contribution in [2.24, 2.45) is 0 Å². The summed E-state index contributed by atoms with van der Waals surface area (Å²) in [7, 11) is -3.37. The summed E-state index contributed by atoms with van der Waals surface area (Å²) in [6.45, 7) is 2.66. The van der Waals surface area contributed by atoms with Crippen LogP contribution in [0.5, 0.6) is 0 Å². The zero-order valence-electron chi connectivity index (χ0n) is 13.6. The van der Waals surface area contributed by atoms with Gasteiger partial charge in [-0.15, -0.1) is 0 Å². The van der Waals surface area contributed by atoms with Crippen molar-refractivity contribution in [1.82, 2.24) is 0 Å². The maximum absolute atomic E-state index is 12.5. The first-order valence-corrected chi connectivity index (χ1v) is 10.3. The third kappa shape index (κ3) is 5.33. The molecule has 0 aromatic heterocycles. The number of aliphatic hydroxyl groups is 1. The Kier molecular flexibility index (Phi) is 6.83. The van der Waals surface area contributed by atoms with E-state index in [4.69, 9.17) is 0 Å². The molecule has 0 spiro atoms. The van der Waals surface area contributed by atoms with E-state index in [0.29, 0.717) is 24.4 Å². The van der Waals surface area contributed by atoms with Crippen molar-refractivity contribution in [1.29, 1.82) is 0 Å². The van der Waals surface area contributed by atoms with Gasteiger partial charge in [-0.25, -0.2) is 8.42 Å². The maximum atomic E-state index is 12.5. The number of halogens is 1. The molecule has 1 N–H and O–H groups in total. The number of aliphatic hydroxyl groups excluding tert-OH is 1. The van der Waals surface area contributed by atoms with Gasteiger partial charge in [0.1, 0.15) is 0 Å². The van der Waals surface area contributed by atoms with Crippen molar-refractivity contribution < 1.29 is 13.5 Å². The van der Waals surface area contributed by atoms with Gasteiger partial charge in [-0.3, -0.25) is 0 Å². The van der Waals surface area contributed by atoms with E-state index in [0.717, 1.165) is 10.2 Å². The van der Waals surface area contributed by atoms with E-state index < -0.39 is 15.9 Å². The highest BCUT2D eigenvalue weighted by atomic mass is 79.9. The SMILES string of the molecule is CCC(O)CN(CCS(=O)(=O)c1ccc(Br)cc1)c1ccccc1. The van der Waals surface area contributed by atoms with Crippen molar-refractivity contribution in [3.63, 3.8) is 0 Å². The molecule has 2 aromatic rings. The lowest BCUT2D eigenvalue weighted by Crippen LogP contribution is -2.35. The Morgan fingerprint density at radius 3 is 2.29 bits per heavy atom. The molecule has 1 atom stereocenters. The summed E-state index contributed by atoms with van der Waals surface area (Å²) < 4.78 is 25.9. The molecule has 0 aliphatic carbocycles. The van der Waals surface area contributed by atoms with Crippen molar-refractivity contribution in [2.75, 3.05) is 23.7 Å². The van der Waals surface area contributed by atoms with Crippen molar-refractivity contribution >= 4 is 31.5 Å². The Morgan fingerprint density at radius 1 is 1.08 bits per heavy atom. The third-order valence-corrected chi connectivity index (χ3v) is 6.07. The molecule has 0 aliphatic rings. The summed E-state index contributed by atoms with van der Waals surface area (Å²) in [5.41, 5.74) is 0.913. The monoisotopic (exact) mass is 411 g/mol. The van der Waals surface area contributed by atoms with Crippen LogP contribution in [0.4, 0.5) is 5.69 Å². The van der Waals surface area contributed by atoms with E-state index in [-0.39, 0.29) is 5.75 Å². The standard InChI is InChI=1S/C18H22BrNO3S/c1-2-17(21)14-20(16-6-4-3-5-7-16)12-13-24(22,23)18-10-8-15(19)9-11-18/h3-11,17,21H,2,12-14H2,1H3. The van der Waals surface area contributed by atoms with Crippen LogP contribution in [0.25, 0.3) is 0 Å². The molecule has 0 bridgehead atoms. The van der Waals surface area contributed by atoms with E-state index in [2.05, 4.69) is 15.9 Å². The molecule has 0 saturated heterocycles. The molecule has 1 unspecified atom stereocenters. The number of rotatable bonds is 8. The average Bonchev–Trinajstić information content (AvgIpc) is 2.59. The van der Waals surface area contributed by atoms with Crippen LogP contribution in [0.15, 0.2) is 64.0 Å². The molecule has 0 amide bonds. The summed E-state index contributed by atoms with van der Waals surface area (Å²) in [4.78, 5) is 2.24. The van der Waals surface area contributed by atoms with E-state index >= 15 is 0 Å². The third-order valence-electron chi connectivity index (χ3n) is 3.83. The molecular formula is C18H22BrNO3S. The van der Waals surface area contributed by atoms with Gasteiger partial charge in [0, 0.05) is 23.2 Å². The summed E-state index contributed by atoms with van der Waals surface area (Å²) in [5.74, 6) is -0.0000387. The highest BCUT2D eigenvalue weighted by molar-refractivity contribution is 9.10. The first kappa shape index (κ1) is 19.0. The Hall–Kier alpha value is -1.37. The Bertz CT molecular complexity index is 733. The van der Waals surface area contributed by atoms with Crippen LogP contribution >= 0.6 is 15.9 Å². The number of sulfone groups is 1. The summed E-state index contributed by atoms with van der Waals surface area (Å²) >= 11 is 3.31. The summed E-state index contributed by atoms with van der Waals surface area (Å²) in [6, 6.07) is 16.2. The molecule has 4 nitrogen and oxygen atoms in total. The molecule has 0 saturated carbocycles. The van der Waals surface area contributed by atoms with E-state index in [1.165, 1.54) is 0 Å². The molecule has 130 valence electrons. The van der Waals surface area contributed by atoms with Gasteiger partial charge < -0.3 is 10.0 Å². The zero-order valence-corrected chi connectivity index (χ0v) is 16.0. The molecular weight excluding hydrogens is 390 g/mol. The minimum Gasteiger partial charge on any atom is -0.391 e. The van der Waals surface area contributed by atoms with Gasteiger partial charge in [-0.2, -0.15) is 0 Å². The van der Waals surface area contributed by atoms with Gasteiger partial charge in [0.15, 0.2) is 9.84 Å². The van der Waals surface area contributed by atoms with Crippen molar-refractivity contribution in [2.45, 2.75) is 24.3 Å². The van der Waals surface area contributed by atoms with Crippen LogP contribution in [-0.4, -0.2) is 38.5 Å². The minimum atomic E-state index is -3.37. The minimum absolute atomic E-state index is 0.0000387. The Morgan fingerprint density at radius 2 is 1.71 bits per heavy atom. The van der Waals surface area contributed by atoms with Crippen LogP contribution in [0.3, 0.4) is 0 Å². The second-order valence-electron chi connectivity index (χ2n) is 5.62. The first-order chi connectivity index (χ1) is 11.4. The van der Waals surface area contributed by atoms with Crippen LogP contribution in [-0.2, 0) is 9.84 Å². The van der Waals surface area contributed by atoms with Gasteiger partial charge >= 0.3 is 0 Å². The Labute approximate surface area is 152 Å². The fraction of sp³-hybridized carbons (Fsp3) is 0.333. The fourth-order valence-electron chi connectivity index (χ4n) is 2.34. The summed E-state index contributed by atoms with van der Waals surface area (Å²) in [5, 5.41) is 9.97. The van der Waals surface area contributed by atoms with Gasteiger partial charge in [-0.1, -0.05) is 41.1 Å². The average molecular weight is 412 g/mol. The van der Waals surface area contributed by atoms with Crippen LogP contribution in [0.1, 0.15) is 13.3 Å². The number of nitrogens with zero attached hydrogens (tertiary/aromatic N) is 1. The molecule has 0 aliphatic heterocycles. The smallest absolute Gasteiger partial charge is 0.180 e. The van der Waals surface area contributed by atoms with Crippen LogP contribution in [0.2, 0.25) is 0 Å². The maximum Gasteiger partial charge on any atom is 0.180 e. The van der Waals surface area contributed by atoms with Gasteiger partial charge in [-0.05, 0) is 42.8 Å². The number of hydrogen-bond acceptors (Lipinski definition) is 4. The van der Waals surface area contributed by atoms with Gasteiger partial charge in [0.05, 0.1) is 16.8 Å². The van der Waals surface area contributed by atoms with E-state index in [1.807, 2.05) is 42.2 Å². The molecule has 0 radical (unpaired) electrons. The molecule has 2 rings (SSSR count). The number of hydrogen-bond donors (Lipinski definition) is 1. The van der Waals surface area contributed by atoms with Gasteiger partial charge in [0.2, 0.25) is 0 Å². The second-order valence-corrected chi connectivity index (χ2v) is 8.64. The highest BCUT2D eigenvalue weighted by Crippen LogP contribution is 2.18. The van der Waals surface area contributed by atoms with Crippen LogP contribution in [0, 0.1) is 0 Å². The predicted octanol–water partition coefficient (Wildman–Crippen LogP) is 3.50. The lowest BCUT2D eigenvalue weighted by molar-refractivity contribution is 0.176. The molecule has 6 heteroatoms. The van der Waals surface area contributed by atoms with Crippen LogP contribution < -0.4 is 4.90 Å². The quantitative estimate of drug-likeness (QED) is 0.721. The van der Waals surface area contributed by atoms with Crippen molar-refractivity contribution in [3.8, 4) is 0 Å². The van der Waals surface area contributed by atoms with E-state index in [9.17, 15) is 13.5 Å². The second kappa shape index (κ2) is 8.65. The first-order valence-electron chi connectivity index (χ1n) is 7.89. The normalized spacial score (nSPS) is 12.8. The number of anilines is 1. The highest BCUT2D eigenvalue weighted by Gasteiger charge is 2.18. The lowest BCUT2D eigenvalue weighted by atomic mass is 10.2. The largest absolute Gasteiger partial charge is 0.391 e. The molecule has 24 heavy (non-hydrogen) atoms. The zero-order chi connectivity index (χ0) is 17.6. The lowest BCUT2D eigenvalue weighted by Gasteiger charge is -2.27. The van der Waals surface area contributed by atoms with Crippen molar-refractivity contribution in [3.05, 3.63) is 59.1 Å². The summed E-state index contributed by atoms with van der Waals surface area (Å²) in [6.07, 6.45) is 0.142. The molecule has 2 aromatic carbocycles. The fourth-order valence-corrected chi connectivity index (χ4v) is 3.85. The molecule has 0 heterocycles. The Balaban J connectivity index is 2.13. The topological polar surface area (TPSA) is 57.6 Å². The molecule has 0 fully saturated rings. The number of para-hydroxylation sites is 1. The van der Waals surface area contributed by atoms with E-state index in [1.54, 1.807) is 24.3 Å².